The number of aryl methyl sites for hydroxylation is 2. The predicted molar refractivity (Wildman–Crippen MR) is 143 cm³/mol. The van der Waals surface area contributed by atoms with Crippen molar-refractivity contribution in [1.29, 1.82) is 0 Å². The maximum Gasteiger partial charge on any atom is 0.573 e. The van der Waals surface area contributed by atoms with E-state index < -0.39 is 6.36 Å². The first kappa shape index (κ1) is 25.3. The summed E-state index contributed by atoms with van der Waals surface area (Å²) >= 11 is 5.36. The topological polar surface area (TPSA) is 72.7 Å². The highest BCUT2D eigenvalue weighted by molar-refractivity contribution is 7.80. The number of alkyl halides is 3. The number of imidazole rings is 1. The molecule has 4 aromatic rings. The van der Waals surface area contributed by atoms with Crippen LogP contribution in [0.2, 0.25) is 0 Å². The molecule has 11 heteroatoms. The van der Waals surface area contributed by atoms with Gasteiger partial charge in [-0.3, -0.25) is 9.99 Å². The van der Waals surface area contributed by atoms with E-state index in [-0.39, 0.29) is 5.75 Å². The Bertz CT molecular complexity index is 1510. The fourth-order valence-electron chi connectivity index (χ4n) is 4.16. The van der Waals surface area contributed by atoms with Gasteiger partial charge in [0.1, 0.15) is 24.4 Å². The number of hydrogen-bond donors (Lipinski definition) is 2. The number of halogens is 3. The Hall–Kier alpha value is -4.38. The normalized spacial score (nSPS) is 12.4. The third kappa shape index (κ3) is 5.47. The number of para-hydroxylation sites is 1. The molecule has 0 saturated heterocycles. The lowest BCUT2D eigenvalue weighted by Crippen LogP contribution is -2.24. The summed E-state index contributed by atoms with van der Waals surface area (Å²) in [6.07, 6.45) is -1.51. The van der Waals surface area contributed by atoms with E-state index in [9.17, 15) is 13.2 Å². The Morgan fingerprint density at radius 1 is 1.11 bits per heavy atom. The Balaban J connectivity index is 1.28. The predicted octanol–water partition coefficient (Wildman–Crippen LogP) is 6.27. The van der Waals surface area contributed by atoms with Gasteiger partial charge in [-0.1, -0.05) is 30.3 Å². The first-order chi connectivity index (χ1) is 18.2. The fraction of sp³-hybridized carbons (Fsp3) is 0.148. The lowest BCUT2D eigenvalue weighted by molar-refractivity contribution is -0.274. The summed E-state index contributed by atoms with van der Waals surface area (Å²) in [5.41, 5.74) is 9.87. The van der Waals surface area contributed by atoms with Crippen LogP contribution < -0.4 is 20.2 Å². The van der Waals surface area contributed by atoms with Crippen LogP contribution in [0.3, 0.4) is 0 Å². The number of hydrazone groups is 1. The number of hydrogen-bond acceptors (Lipinski definition) is 5. The van der Waals surface area contributed by atoms with Crippen LogP contribution in [0, 0.1) is 13.8 Å². The largest absolute Gasteiger partial charge is 0.573 e. The molecule has 0 aliphatic carbocycles. The number of fused-ring (bicyclic) bond motifs is 3. The van der Waals surface area contributed by atoms with Gasteiger partial charge >= 0.3 is 6.36 Å². The third-order valence-electron chi connectivity index (χ3n) is 5.92. The Kier molecular flexibility index (Phi) is 6.77. The number of nitrogens with zero attached hydrogens (tertiary/aromatic N) is 3. The highest BCUT2D eigenvalue weighted by Crippen LogP contribution is 2.38. The molecular weight excluding hydrogens is 515 g/mol. The molecule has 1 aliphatic heterocycles. The molecular formula is C27H22F3N5O2S. The number of ether oxygens (including phenoxy) is 2. The molecule has 0 atom stereocenters. The number of benzene rings is 3. The highest BCUT2D eigenvalue weighted by Gasteiger charge is 2.31. The van der Waals surface area contributed by atoms with Crippen LogP contribution in [0.15, 0.2) is 72.1 Å². The van der Waals surface area contributed by atoms with Crippen molar-refractivity contribution >= 4 is 29.2 Å². The van der Waals surface area contributed by atoms with Crippen molar-refractivity contribution in [3.63, 3.8) is 0 Å². The van der Waals surface area contributed by atoms with Crippen molar-refractivity contribution in [3.05, 3.63) is 89.2 Å². The molecule has 0 bridgehead atoms. The third-order valence-corrected chi connectivity index (χ3v) is 6.11. The van der Waals surface area contributed by atoms with Gasteiger partial charge in [-0.15, -0.1) is 13.2 Å². The molecule has 0 amide bonds. The SMILES string of the molecule is Cc1cccc(C)c1NC(=S)N/N=C/c1ccc2c(c1)COc1c-2ncn1-c1ccc(OC(F)(F)F)cc1. The van der Waals surface area contributed by atoms with Crippen LogP contribution in [0.4, 0.5) is 18.9 Å². The van der Waals surface area contributed by atoms with E-state index in [1.165, 1.54) is 24.3 Å². The van der Waals surface area contributed by atoms with Gasteiger partial charge in [0.15, 0.2) is 5.11 Å². The maximum atomic E-state index is 12.4. The molecule has 0 saturated carbocycles. The zero-order valence-electron chi connectivity index (χ0n) is 20.3. The first-order valence-corrected chi connectivity index (χ1v) is 11.9. The summed E-state index contributed by atoms with van der Waals surface area (Å²) in [6.45, 7) is 4.31. The molecule has 194 valence electrons. The minimum atomic E-state index is -4.74. The summed E-state index contributed by atoms with van der Waals surface area (Å²) in [7, 11) is 0. The van der Waals surface area contributed by atoms with Crippen molar-refractivity contribution in [3.8, 4) is 28.6 Å². The lowest BCUT2D eigenvalue weighted by atomic mass is 10.0. The Labute approximate surface area is 221 Å². The van der Waals surface area contributed by atoms with E-state index in [0.29, 0.717) is 29.0 Å². The second kappa shape index (κ2) is 10.2. The van der Waals surface area contributed by atoms with Crippen molar-refractivity contribution < 1.29 is 22.6 Å². The zero-order chi connectivity index (χ0) is 26.9. The minimum absolute atomic E-state index is 0.297. The van der Waals surface area contributed by atoms with Gasteiger partial charge in [0, 0.05) is 11.3 Å². The van der Waals surface area contributed by atoms with Crippen LogP contribution in [0.5, 0.6) is 11.6 Å². The highest BCUT2D eigenvalue weighted by atomic mass is 32.1. The van der Waals surface area contributed by atoms with E-state index in [1.54, 1.807) is 17.1 Å². The van der Waals surface area contributed by atoms with Gasteiger partial charge in [0.05, 0.1) is 11.9 Å². The fourth-order valence-corrected chi connectivity index (χ4v) is 4.32. The van der Waals surface area contributed by atoms with E-state index in [2.05, 4.69) is 25.6 Å². The number of anilines is 1. The average Bonchev–Trinajstić information content (AvgIpc) is 3.30. The summed E-state index contributed by atoms with van der Waals surface area (Å²) in [4.78, 5) is 4.48. The smallest absolute Gasteiger partial charge is 0.472 e. The molecule has 0 unspecified atom stereocenters. The van der Waals surface area contributed by atoms with Gasteiger partial charge in [0.25, 0.3) is 0 Å². The van der Waals surface area contributed by atoms with Gasteiger partial charge < -0.3 is 14.8 Å². The molecule has 3 aromatic carbocycles. The summed E-state index contributed by atoms with van der Waals surface area (Å²) in [5.74, 6) is 0.208. The molecule has 7 nitrogen and oxygen atoms in total. The quantitative estimate of drug-likeness (QED) is 0.178. The van der Waals surface area contributed by atoms with Crippen molar-refractivity contribution in [2.75, 3.05) is 5.32 Å². The van der Waals surface area contributed by atoms with Gasteiger partial charge in [0.2, 0.25) is 5.88 Å². The molecule has 0 spiro atoms. The van der Waals surface area contributed by atoms with Crippen molar-refractivity contribution in [1.82, 2.24) is 15.0 Å². The van der Waals surface area contributed by atoms with Gasteiger partial charge in [-0.05, 0) is 78.7 Å². The molecule has 0 fully saturated rings. The van der Waals surface area contributed by atoms with E-state index in [1.807, 2.05) is 50.2 Å². The van der Waals surface area contributed by atoms with E-state index in [0.717, 1.165) is 33.5 Å². The average molecular weight is 538 g/mol. The standard InChI is InChI=1S/C27H22F3N5O2S/c1-16-4-3-5-17(2)23(16)33-26(38)34-32-13-18-6-11-22-19(12-18)14-36-25-24(22)31-15-35(25)20-7-9-21(10-8-20)37-27(28,29)30/h3-13,15H,14H2,1-2H3,(H2,33,34,38)/b32-13+. The monoisotopic (exact) mass is 537 g/mol. The number of nitrogens with one attached hydrogen (secondary N) is 2. The molecule has 38 heavy (non-hydrogen) atoms. The first-order valence-electron chi connectivity index (χ1n) is 11.5. The second-order valence-electron chi connectivity index (χ2n) is 8.61. The molecule has 1 aromatic heterocycles. The summed E-state index contributed by atoms with van der Waals surface area (Å²) in [6, 6.07) is 17.3. The van der Waals surface area contributed by atoms with Crippen LogP contribution in [-0.2, 0) is 6.61 Å². The lowest BCUT2D eigenvalue weighted by Gasteiger charge is -2.19. The summed E-state index contributed by atoms with van der Waals surface area (Å²) < 4.78 is 48.9. The van der Waals surface area contributed by atoms with E-state index in [4.69, 9.17) is 17.0 Å². The number of rotatable bonds is 5. The molecule has 1 aliphatic rings. The van der Waals surface area contributed by atoms with Crippen molar-refractivity contribution in [2.45, 2.75) is 26.8 Å². The second-order valence-corrected chi connectivity index (χ2v) is 9.01. The van der Waals surface area contributed by atoms with Crippen LogP contribution in [0.1, 0.15) is 22.3 Å². The number of thiocarbonyl (C=S) groups is 1. The summed E-state index contributed by atoms with van der Waals surface area (Å²) in [5, 5.41) is 7.80. The Morgan fingerprint density at radius 2 is 1.84 bits per heavy atom. The van der Waals surface area contributed by atoms with Crippen LogP contribution >= 0.6 is 12.2 Å². The molecule has 5 rings (SSSR count). The molecule has 0 radical (unpaired) electrons. The Morgan fingerprint density at radius 3 is 2.55 bits per heavy atom. The molecule has 2 heterocycles. The zero-order valence-corrected chi connectivity index (χ0v) is 21.2. The van der Waals surface area contributed by atoms with Gasteiger partial charge in [-0.25, -0.2) is 4.98 Å². The van der Waals surface area contributed by atoms with Crippen LogP contribution in [0.25, 0.3) is 16.9 Å². The van der Waals surface area contributed by atoms with Crippen LogP contribution in [-0.4, -0.2) is 27.2 Å². The van der Waals surface area contributed by atoms with E-state index >= 15 is 0 Å². The minimum Gasteiger partial charge on any atom is -0.472 e. The number of aromatic nitrogens is 2. The molecule has 2 N–H and O–H groups in total. The van der Waals surface area contributed by atoms with Gasteiger partial charge in [-0.2, -0.15) is 5.10 Å². The maximum absolute atomic E-state index is 12.4. The van der Waals surface area contributed by atoms with Crippen molar-refractivity contribution in [2.24, 2.45) is 5.10 Å².